The highest BCUT2D eigenvalue weighted by Gasteiger charge is 2.56. The standard InChI is InChI=1S/C19H23N4O3/c20-15(24)11-18(7-1-8-18)13-3-5-14(6-4-13)22-12-19(16(21)25)9-2-10-23(19)17(22)26/h3-6,9H,1-2,7-8,10-12H2,(H2,20,24)(H2,21,25)/t19-/m1/s1. The van der Waals surface area contributed by atoms with Gasteiger partial charge in [-0.15, -0.1) is 0 Å². The van der Waals surface area contributed by atoms with Crippen LogP contribution in [-0.2, 0) is 15.0 Å². The van der Waals surface area contributed by atoms with Crippen molar-refractivity contribution >= 4 is 23.5 Å². The van der Waals surface area contributed by atoms with Gasteiger partial charge in [-0.3, -0.25) is 14.5 Å². The van der Waals surface area contributed by atoms with E-state index in [-0.39, 0.29) is 23.9 Å². The Kier molecular flexibility index (Phi) is 3.71. The number of rotatable bonds is 5. The van der Waals surface area contributed by atoms with E-state index in [2.05, 4.69) is 0 Å². The molecule has 2 aliphatic heterocycles. The minimum Gasteiger partial charge on any atom is -0.370 e. The van der Waals surface area contributed by atoms with Crippen LogP contribution >= 0.6 is 0 Å². The number of hydrogen-bond donors (Lipinski definition) is 2. The van der Waals surface area contributed by atoms with Gasteiger partial charge < -0.3 is 16.4 Å². The van der Waals surface area contributed by atoms with Crippen LogP contribution < -0.4 is 16.4 Å². The summed E-state index contributed by atoms with van der Waals surface area (Å²) in [5, 5.41) is 0. The van der Waals surface area contributed by atoms with Gasteiger partial charge in [-0.2, -0.15) is 0 Å². The van der Waals surface area contributed by atoms with Gasteiger partial charge in [0.05, 0.1) is 6.54 Å². The average molecular weight is 355 g/mol. The highest BCUT2D eigenvalue weighted by Crippen LogP contribution is 2.47. The highest BCUT2D eigenvalue weighted by molar-refractivity contribution is 6.04. The average Bonchev–Trinajstić information content (AvgIpc) is 3.11. The molecule has 3 aliphatic rings. The molecule has 2 heterocycles. The third kappa shape index (κ3) is 2.29. The molecule has 26 heavy (non-hydrogen) atoms. The maximum Gasteiger partial charge on any atom is 0.325 e. The van der Waals surface area contributed by atoms with E-state index < -0.39 is 11.4 Å². The zero-order valence-corrected chi connectivity index (χ0v) is 14.6. The number of carbonyl (C=O) groups excluding carboxylic acids is 3. The first-order chi connectivity index (χ1) is 12.4. The lowest BCUT2D eigenvalue weighted by Gasteiger charge is -2.42. The lowest BCUT2D eigenvalue weighted by atomic mass is 9.62. The number of nitrogens with zero attached hydrogens (tertiary/aromatic N) is 2. The summed E-state index contributed by atoms with van der Waals surface area (Å²) < 4.78 is 0. The maximum absolute atomic E-state index is 12.8. The molecule has 0 unspecified atom stereocenters. The van der Waals surface area contributed by atoms with Crippen LogP contribution in [0.3, 0.4) is 0 Å². The molecule has 1 aromatic carbocycles. The molecule has 1 aromatic rings. The van der Waals surface area contributed by atoms with Gasteiger partial charge in [-0.25, -0.2) is 4.79 Å². The van der Waals surface area contributed by atoms with Crippen LogP contribution in [0.1, 0.15) is 37.7 Å². The van der Waals surface area contributed by atoms with Gasteiger partial charge >= 0.3 is 6.03 Å². The van der Waals surface area contributed by atoms with Crippen LogP contribution in [0, 0.1) is 6.42 Å². The summed E-state index contributed by atoms with van der Waals surface area (Å²) in [5.74, 6) is -0.777. The van der Waals surface area contributed by atoms with E-state index in [1.807, 2.05) is 30.7 Å². The van der Waals surface area contributed by atoms with Crippen LogP contribution in [0.2, 0.25) is 0 Å². The minimum absolute atomic E-state index is 0.165. The first-order valence-electron chi connectivity index (χ1n) is 9.00. The van der Waals surface area contributed by atoms with Crippen LogP contribution in [0.15, 0.2) is 24.3 Å². The first-order valence-corrected chi connectivity index (χ1v) is 9.00. The largest absolute Gasteiger partial charge is 0.370 e. The Morgan fingerprint density at radius 2 is 1.81 bits per heavy atom. The molecule has 4 amide bonds. The van der Waals surface area contributed by atoms with E-state index >= 15 is 0 Å². The molecule has 1 aliphatic carbocycles. The molecule has 2 saturated heterocycles. The molecule has 137 valence electrons. The van der Waals surface area contributed by atoms with Crippen molar-refractivity contribution < 1.29 is 14.4 Å². The van der Waals surface area contributed by atoms with Gasteiger partial charge in [-0.1, -0.05) is 18.6 Å². The molecule has 1 atom stereocenters. The van der Waals surface area contributed by atoms with Crippen LogP contribution in [0.5, 0.6) is 0 Å². The Balaban J connectivity index is 1.59. The third-order valence-corrected chi connectivity index (χ3v) is 6.22. The fourth-order valence-corrected chi connectivity index (χ4v) is 4.63. The van der Waals surface area contributed by atoms with Gasteiger partial charge in [0.15, 0.2) is 0 Å². The van der Waals surface area contributed by atoms with E-state index in [9.17, 15) is 14.4 Å². The molecule has 1 radical (unpaired) electrons. The zero-order chi connectivity index (χ0) is 18.5. The van der Waals surface area contributed by atoms with Gasteiger partial charge in [0.1, 0.15) is 5.54 Å². The van der Waals surface area contributed by atoms with Gasteiger partial charge in [0, 0.05) is 30.5 Å². The Bertz CT molecular complexity index is 771. The zero-order valence-electron chi connectivity index (χ0n) is 14.6. The van der Waals surface area contributed by atoms with Gasteiger partial charge in [-0.05, 0) is 37.0 Å². The highest BCUT2D eigenvalue weighted by atomic mass is 16.2. The predicted molar refractivity (Wildman–Crippen MR) is 96.1 cm³/mol. The molecule has 4 N–H and O–H groups in total. The van der Waals surface area contributed by atoms with E-state index in [0.29, 0.717) is 19.4 Å². The number of urea groups is 1. The molecule has 1 saturated carbocycles. The van der Waals surface area contributed by atoms with E-state index in [0.717, 1.165) is 30.5 Å². The molecule has 0 bridgehead atoms. The molecule has 3 fully saturated rings. The summed E-state index contributed by atoms with van der Waals surface area (Å²) in [5.41, 5.74) is 11.7. The molecule has 0 spiro atoms. The molecule has 0 aromatic heterocycles. The van der Waals surface area contributed by atoms with E-state index in [1.54, 1.807) is 9.80 Å². The van der Waals surface area contributed by atoms with E-state index in [4.69, 9.17) is 11.5 Å². The van der Waals surface area contributed by atoms with Gasteiger partial charge in [0.25, 0.3) is 0 Å². The molecule has 7 nitrogen and oxygen atoms in total. The minimum atomic E-state index is -1.00. The third-order valence-electron chi connectivity index (χ3n) is 6.22. The van der Waals surface area contributed by atoms with Crippen LogP contribution in [-0.4, -0.2) is 41.4 Å². The fraction of sp³-hybridized carbons (Fsp3) is 0.474. The Morgan fingerprint density at radius 3 is 2.31 bits per heavy atom. The van der Waals surface area contributed by atoms with Crippen LogP contribution in [0.25, 0.3) is 0 Å². The predicted octanol–water partition coefficient (Wildman–Crippen LogP) is 1.06. The molecular formula is C19H23N4O3. The second-order valence-electron chi connectivity index (χ2n) is 7.63. The lowest BCUT2D eigenvalue weighted by Crippen LogP contribution is -2.53. The van der Waals surface area contributed by atoms with Crippen molar-refractivity contribution in [2.24, 2.45) is 11.5 Å². The van der Waals surface area contributed by atoms with Crippen molar-refractivity contribution in [3.63, 3.8) is 0 Å². The SMILES string of the molecule is NC(=O)CC1(c2ccc(N3C[C@@]4(C(N)=O)[CH]CCN4C3=O)cc2)CCC1. The molecular weight excluding hydrogens is 332 g/mol. The van der Waals surface area contributed by atoms with Crippen molar-refractivity contribution in [2.75, 3.05) is 18.0 Å². The topological polar surface area (TPSA) is 110 Å². The van der Waals surface area contributed by atoms with Crippen molar-refractivity contribution in [1.82, 2.24) is 4.90 Å². The van der Waals surface area contributed by atoms with Crippen molar-refractivity contribution in [1.29, 1.82) is 0 Å². The lowest BCUT2D eigenvalue weighted by molar-refractivity contribution is -0.124. The van der Waals surface area contributed by atoms with Gasteiger partial charge in [0.2, 0.25) is 11.8 Å². The number of amides is 4. The van der Waals surface area contributed by atoms with Crippen molar-refractivity contribution in [2.45, 2.75) is 43.1 Å². The summed E-state index contributed by atoms with van der Waals surface area (Å²) in [6, 6.07) is 7.50. The number of hydrogen-bond acceptors (Lipinski definition) is 3. The van der Waals surface area contributed by atoms with E-state index in [1.165, 1.54) is 0 Å². The smallest absolute Gasteiger partial charge is 0.325 e. The summed E-state index contributed by atoms with van der Waals surface area (Å²) in [4.78, 5) is 39.3. The fourth-order valence-electron chi connectivity index (χ4n) is 4.63. The Labute approximate surface area is 152 Å². The monoisotopic (exact) mass is 355 g/mol. The normalized spacial score (nSPS) is 26.5. The number of nitrogens with two attached hydrogens (primary N) is 2. The number of carbonyl (C=O) groups is 3. The maximum atomic E-state index is 12.8. The summed E-state index contributed by atoms with van der Waals surface area (Å²) in [7, 11) is 0. The summed E-state index contributed by atoms with van der Waals surface area (Å²) in [6.45, 7) is 0.755. The first kappa shape index (κ1) is 16.9. The molecule has 4 rings (SSSR count). The number of benzene rings is 1. The number of anilines is 1. The summed E-state index contributed by atoms with van der Waals surface area (Å²) in [6.07, 6.45) is 5.86. The van der Waals surface area contributed by atoms with Crippen LogP contribution in [0.4, 0.5) is 10.5 Å². The number of fused-ring (bicyclic) bond motifs is 1. The second-order valence-corrected chi connectivity index (χ2v) is 7.63. The Morgan fingerprint density at radius 1 is 1.12 bits per heavy atom. The van der Waals surface area contributed by atoms with Crippen molar-refractivity contribution in [3.05, 3.63) is 36.2 Å². The quantitative estimate of drug-likeness (QED) is 0.824. The summed E-state index contributed by atoms with van der Waals surface area (Å²) >= 11 is 0. The second kappa shape index (κ2) is 5.72. The Hall–Kier alpha value is -2.57. The van der Waals surface area contributed by atoms with Crippen molar-refractivity contribution in [3.8, 4) is 0 Å². The molecule has 7 heteroatoms. The number of primary amides is 2.